The number of aromatic amines is 1. The zero-order valence-electron chi connectivity index (χ0n) is 10.4. The van der Waals surface area contributed by atoms with Gasteiger partial charge < -0.3 is 15.4 Å². The first-order valence-corrected chi connectivity index (χ1v) is 6.39. The second kappa shape index (κ2) is 5.69. The maximum Gasteiger partial charge on any atom is 0.267 e. The average molecular weight is 303 g/mol. The van der Waals surface area contributed by atoms with Crippen LogP contribution in [-0.4, -0.2) is 28.6 Å². The molecule has 0 bridgehead atoms. The molecule has 1 rings (SSSR count). The fourth-order valence-corrected chi connectivity index (χ4v) is 1.93. The van der Waals surface area contributed by atoms with Crippen LogP contribution in [0.5, 0.6) is 0 Å². The number of nitrogens with one attached hydrogen (secondary N) is 2. The molecule has 0 saturated carbocycles. The Bertz CT molecular complexity index is 382. The van der Waals surface area contributed by atoms with Gasteiger partial charge in [-0.1, -0.05) is 20.8 Å². The monoisotopic (exact) mass is 302 g/mol. The van der Waals surface area contributed by atoms with Crippen LogP contribution in [0.25, 0.3) is 0 Å². The lowest BCUT2D eigenvalue weighted by molar-refractivity contribution is 0.0880. The lowest BCUT2D eigenvalue weighted by Gasteiger charge is -2.30. The van der Waals surface area contributed by atoms with Crippen LogP contribution in [0.3, 0.4) is 0 Å². The SMILES string of the molecule is CC(C)(C)C(CCO)NC(=O)c1cc(Br)c[nH]1. The van der Waals surface area contributed by atoms with E-state index in [1.165, 1.54) is 0 Å². The number of aliphatic hydroxyl groups excluding tert-OH is 1. The molecule has 0 radical (unpaired) electrons. The molecule has 4 nitrogen and oxygen atoms in total. The maximum atomic E-state index is 11.9. The summed E-state index contributed by atoms with van der Waals surface area (Å²) in [5.41, 5.74) is 0.437. The number of rotatable bonds is 4. The molecule has 0 aliphatic rings. The smallest absolute Gasteiger partial charge is 0.267 e. The van der Waals surface area contributed by atoms with E-state index >= 15 is 0 Å². The number of H-pyrrole nitrogens is 1. The van der Waals surface area contributed by atoms with Crippen LogP contribution in [0, 0.1) is 5.41 Å². The summed E-state index contributed by atoms with van der Waals surface area (Å²) in [6, 6.07) is 1.68. The molecule has 1 unspecified atom stereocenters. The molecular formula is C12H19BrN2O2. The van der Waals surface area contributed by atoms with Crippen molar-refractivity contribution in [2.75, 3.05) is 6.61 Å². The second-order valence-corrected chi connectivity index (χ2v) is 6.05. The first-order chi connectivity index (χ1) is 7.84. The topological polar surface area (TPSA) is 65.1 Å². The third-order valence-electron chi connectivity index (χ3n) is 2.66. The first-order valence-electron chi connectivity index (χ1n) is 5.60. The molecule has 1 aromatic heterocycles. The summed E-state index contributed by atoms with van der Waals surface area (Å²) < 4.78 is 0.845. The van der Waals surface area contributed by atoms with E-state index in [1.807, 2.05) is 20.8 Å². The van der Waals surface area contributed by atoms with Crippen LogP contribution in [0.1, 0.15) is 37.7 Å². The third-order valence-corrected chi connectivity index (χ3v) is 3.12. The van der Waals surface area contributed by atoms with Gasteiger partial charge >= 0.3 is 0 Å². The molecule has 1 aromatic rings. The van der Waals surface area contributed by atoms with E-state index < -0.39 is 0 Å². The van der Waals surface area contributed by atoms with Crippen LogP contribution >= 0.6 is 15.9 Å². The predicted molar refractivity (Wildman–Crippen MR) is 70.9 cm³/mol. The normalized spacial score (nSPS) is 13.5. The van der Waals surface area contributed by atoms with Crippen molar-refractivity contribution in [3.63, 3.8) is 0 Å². The number of hydrogen-bond donors (Lipinski definition) is 3. The highest BCUT2D eigenvalue weighted by molar-refractivity contribution is 9.10. The fourth-order valence-electron chi connectivity index (χ4n) is 1.59. The van der Waals surface area contributed by atoms with E-state index in [9.17, 15) is 4.79 Å². The Morgan fingerprint density at radius 2 is 2.24 bits per heavy atom. The summed E-state index contributed by atoms with van der Waals surface area (Å²) in [4.78, 5) is 14.8. The number of hydrogen-bond acceptors (Lipinski definition) is 2. The van der Waals surface area contributed by atoms with E-state index in [1.54, 1.807) is 12.3 Å². The van der Waals surface area contributed by atoms with Gasteiger partial charge in [-0.05, 0) is 33.8 Å². The Balaban J connectivity index is 2.71. The number of aliphatic hydroxyl groups is 1. The fraction of sp³-hybridized carbons (Fsp3) is 0.583. The molecule has 1 heterocycles. The number of carbonyl (C=O) groups excluding carboxylic acids is 1. The van der Waals surface area contributed by atoms with Gasteiger partial charge in [0, 0.05) is 23.3 Å². The molecule has 1 amide bonds. The van der Waals surface area contributed by atoms with E-state index in [0.29, 0.717) is 12.1 Å². The van der Waals surface area contributed by atoms with Crippen molar-refractivity contribution < 1.29 is 9.90 Å². The van der Waals surface area contributed by atoms with Crippen LogP contribution in [0.2, 0.25) is 0 Å². The van der Waals surface area contributed by atoms with Gasteiger partial charge in [-0.25, -0.2) is 0 Å². The Kier molecular flexibility index (Phi) is 4.77. The van der Waals surface area contributed by atoms with Crippen molar-refractivity contribution in [3.05, 3.63) is 22.4 Å². The number of carbonyl (C=O) groups is 1. The van der Waals surface area contributed by atoms with Gasteiger partial charge in [0.05, 0.1) is 0 Å². The van der Waals surface area contributed by atoms with Crippen LogP contribution in [-0.2, 0) is 0 Å². The van der Waals surface area contributed by atoms with Crippen LogP contribution in [0.4, 0.5) is 0 Å². The average Bonchev–Trinajstić information content (AvgIpc) is 2.62. The summed E-state index contributed by atoms with van der Waals surface area (Å²) in [5, 5.41) is 12.0. The Morgan fingerprint density at radius 3 is 2.65 bits per heavy atom. The van der Waals surface area contributed by atoms with Crippen LogP contribution in [0.15, 0.2) is 16.7 Å². The van der Waals surface area contributed by atoms with Gasteiger partial charge in [0.2, 0.25) is 0 Å². The Labute approximate surface area is 110 Å². The molecule has 1 atom stereocenters. The summed E-state index contributed by atoms with van der Waals surface area (Å²) in [7, 11) is 0. The van der Waals surface area contributed by atoms with Crippen molar-refractivity contribution in [1.29, 1.82) is 0 Å². The van der Waals surface area contributed by atoms with Crippen molar-refractivity contribution >= 4 is 21.8 Å². The molecule has 0 saturated heterocycles. The lowest BCUT2D eigenvalue weighted by atomic mass is 9.85. The highest BCUT2D eigenvalue weighted by Crippen LogP contribution is 2.22. The molecule has 5 heteroatoms. The zero-order chi connectivity index (χ0) is 13.1. The van der Waals surface area contributed by atoms with Gasteiger partial charge in [-0.2, -0.15) is 0 Å². The molecule has 0 aromatic carbocycles. The summed E-state index contributed by atoms with van der Waals surface area (Å²) in [6.07, 6.45) is 2.27. The molecule has 0 fully saturated rings. The number of amides is 1. The highest BCUT2D eigenvalue weighted by atomic mass is 79.9. The van der Waals surface area contributed by atoms with Crippen molar-refractivity contribution in [3.8, 4) is 0 Å². The van der Waals surface area contributed by atoms with Gasteiger partial charge in [0.25, 0.3) is 5.91 Å². The van der Waals surface area contributed by atoms with Crippen LogP contribution < -0.4 is 5.32 Å². The minimum Gasteiger partial charge on any atom is -0.396 e. The van der Waals surface area contributed by atoms with E-state index in [0.717, 1.165) is 4.47 Å². The van der Waals surface area contributed by atoms with Gasteiger partial charge in [-0.3, -0.25) is 4.79 Å². The molecule has 0 aliphatic carbocycles. The van der Waals surface area contributed by atoms with Crippen molar-refractivity contribution in [1.82, 2.24) is 10.3 Å². The first kappa shape index (κ1) is 14.3. The third kappa shape index (κ3) is 4.16. The van der Waals surface area contributed by atoms with Gasteiger partial charge in [0.15, 0.2) is 0 Å². The number of aromatic nitrogens is 1. The van der Waals surface area contributed by atoms with Crippen molar-refractivity contribution in [2.24, 2.45) is 5.41 Å². The summed E-state index contributed by atoms with van der Waals surface area (Å²) in [6.45, 7) is 6.19. The highest BCUT2D eigenvalue weighted by Gasteiger charge is 2.26. The zero-order valence-corrected chi connectivity index (χ0v) is 12.0. The van der Waals surface area contributed by atoms with Gasteiger partial charge in [-0.15, -0.1) is 0 Å². The van der Waals surface area contributed by atoms with E-state index in [-0.39, 0.29) is 24.0 Å². The van der Waals surface area contributed by atoms with E-state index in [4.69, 9.17) is 5.11 Å². The maximum absolute atomic E-state index is 11.9. The summed E-state index contributed by atoms with van der Waals surface area (Å²) >= 11 is 3.29. The molecule has 0 spiro atoms. The van der Waals surface area contributed by atoms with Crippen molar-refractivity contribution in [2.45, 2.75) is 33.2 Å². The van der Waals surface area contributed by atoms with Gasteiger partial charge in [0.1, 0.15) is 5.69 Å². The standard InChI is InChI=1S/C12H19BrN2O2/c1-12(2,3)10(4-5-16)15-11(17)9-6-8(13)7-14-9/h6-7,10,14,16H,4-5H2,1-3H3,(H,15,17). The lowest BCUT2D eigenvalue weighted by Crippen LogP contribution is -2.44. The minimum absolute atomic E-state index is 0.0536. The van der Waals surface area contributed by atoms with E-state index in [2.05, 4.69) is 26.2 Å². The molecule has 3 N–H and O–H groups in total. The Morgan fingerprint density at radius 1 is 1.59 bits per heavy atom. The predicted octanol–water partition coefficient (Wildman–Crippen LogP) is 2.30. The molecule has 0 aliphatic heterocycles. The number of halogens is 1. The second-order valence-electron chi connectivity index (χ2n) is 5.14. The largest absolute Gasteiger partial charge is 0.396 e. The molecule has 17 heavy (non-hydrogen) atoms. The molecular weight excluding hydrogens is 284 g/mol. The summed E-state index contributed by atoms with van der Waals surface area (Å²) in [5.74, 6) is -0.149. The quantitative estimate of drug-likeness (QED) is 0.799. The minimum atomic E-state index is -0.149. The Hall–Kier alpha value is -0.810. The molecule has 96 valence electrons.